The minimum Gasteiger partial charge on any atom is -0.497 e. The van der Waals surface area contributed by atoms with Crippen molar-refractivity contribution in [1.82, 2.24) is 14.3 Å². The van der Waals surface area contributed by atoms with E-state index < -0.39 is 0 Å². The third kappa shape index (κ3) is 4.77. The number of hydrogen-bond acceptors (Lipinski definition) is 7. The Morgan fingerprint density at radius 2 is 1.86 bits per heavy atom. The second kappa shape index (κ2) is 10.1. The Balaban J connectivity index is 1.53. The monoisotopic (exact) mass is 520 g/mol. The van der Waals surface area contributed by atoms with Gasteiger partial charge in [-0.15, -0.1) is 0 Å². The molecule has 0 aliphatic carbocycles. The van der Waals surface area contributed by atoms with Crippen molar-refractivity contribution in [3.8, 4) is 5.75 Å². The summed E-state index contributed by atoms with van der Waals surface area (Å²) in [5.74, 6) is 1.83. The molecule has 2 saturated heterocycles. The third-order valence-corrected chi connectivity index (χ3v) is 8.10. The van der Waals surface area contributed by atoms with Gasteiger partial charge in [-0.3, -0.25) is 18.9 Å². The van der Waals surface area contributed by atoms with Crippen molar-refractivity contribution < 1.29 is 9.53 Å². The number of benzene rings is 1. The zero-order valence-corrected chi connectivity index (χ0v) is 22.2. The number of hydrogen-bond donors (Lipinski definition) is 0. The fourth-order valence-electron chi connectivity index (χ4n) is 4.52. The van der Waals surface area contributed by atoms with Crippen molar-refractivity contribution in [3.63, 3.8) is 0 Å². The van der Waals surface area contributed by atoms with Crippen molar-refractivity contribution >= 4 is 51.7 Å². The molecule has 2 aliphatic heterocycles. The molecule has 3 aromatic rings. The number of rotatable bonds is 5. The molecule has 186 valence electrons. The maximum Gasteiger partial charge on any atom is 0.267 e. The highest BCUT2D eigenvalue weighted by Crippen LogP contribution is 2.35. The number of ether oxygens (including phenoxy) is 1. The lowest BCUT2D eigenvalue weighted by molar-refractivity contribution is -0.122. The number of anilines is 1. The van der Waals surface area contributed by atoms with Crippen LogP contribution in [-0.4, -0.2) is 44.7 Å². The molecule has 2 aliphatic rings. The van der Waals surface area contributed by atoms with Gasteiger partial charge in [-0.05, 0) is 61.1 Å². The third-order valence-electron chi connectivity index (χ3n) is 6.72. The van der Waals surface area contributed by atoms with E-state index in [1.165, 1.54) is 11.8 Å². The van der Waals surface area contributed by atoms with Gasteiger partial charge in [-0.2, -0.15) is 0 Å². The quantitative estimate of drug-likeness (QED) is 0.358. The average molecular weight is 521 g/mol. The van der Waals surface area contributed by atoms with Gasteiger partial charge < -0.3 is 9.64 Å². The summed E-state index contributed by atoms with van der Waals surface area (Å²) in [6, 6.07) is 11.4. The molecule has 7 nitrogen and oxygen atoms in total. The highest BCUT2D eigenvalue weighted by molar-refractivity contribution is 8.26. The van der Waals surface area contributed by atoms with Gasteiger partial charge in [0.25, 0.3) is 11.5 Å². The summed E-state index contributed by atoms with van der Waals surface area (Å²) in [7, 11) is 1.62. The Hall–Kier alpha value is -3.17. The Bertz CT molecular complexity index is 1420. The van der Waals surface area contributed by atoms with Crippen LogP contribution in [0.2, 0.25) is 0 Å². The Labute approximate surface area is 219 Å². The summed E-state index contributed by atoms with van der Waals surface area (Å²) >= 11 is 6.78. The number of thiocarbonyl (C=S) groups is 1. The number of thioether (sulfide) groups is 1. The van der Waals surface area contributed by atoms with Gasteiger partial charge in [0.15, 0.2) is 0 Å². The van der Waals surface area contributed by atoms with Crippen LogP contribution in [0.4, 0.5) is 5.82 Å². The van der Waals surface area contributed by atoms with Crippen LogP contribution in [-0.2, 0) is 11.3 Å². The maximum atomic E-state index is 13.7. The average Bonchev–Trinajstić information content (AvgIpc) is 3.14. The number of aryl methyl sites for hydroxylation is 1. The van der Waals surface area contributed by atoms with Gasteiger partial charge in [0.05, 0.1) is 24.1 Å². The maximum absolute atomic E-state index is 13.7. The topological polar surface area (TPSA) is 67.2 Å². The first-order chi connectivity index (χ1) is 17.3. The van der Waals surface area contributed by atoms with Gasteiger partial charge in [0.1, 0.15) is 21.5 Å². The van der Waals surface area contributed by atoms with E-state index >= 15 is 0 Å². The summed E-state index contributed by atoms with van der Waals surface area (Å²) < 4.78 is 7.26. The summed E-state index contributed by atoms with van der Waals surface area (Å²) in [4.78, 5) is 36.1. The molecule has 1 aromatic carbocycles. The highest BCUT2D eigenvalue weighted by Gasteiger charge is 2.33. The van der Waals surface area contributed by atoms with E-state index in [1.54, 1.807) is 28.7 Å². The summed E-state index contributed by atoms with van der Waals surface area (Å²) in [5.41, 5.74) is 2.75. The van der Waals surface area contributed by atoms with Crippen LogP contribution < -0.4 is 15.2 Å². The molecular weight excluding hydrogens is 492 g/mol. The van der Waals surface area contributed by atoms with Crippen LogP contribution in [0.3, 0.4) is 0 Å². The van der Waals surface area contributed by atoms with Gasteiger partial charge in [0.2, 0.25) is 0 Å². The smallest absolute Gasteiger partial charge is 0.267 e. The number of carbonyl (C=O) groups excluding carboxylic acids is 1. The molecule has 0 spiro atoms. The van der Waals surface area contributed by atoms with Gasteiger partial charge in [-0.1, -0.05) is 49.1 Å². The van der Waals surface area contributed by atoms with Crippen LogP contribution in [0.5, 0.6) is 5.75 Å². The minimum atomic E-state index is -0.201. The van der Waals surface area contributed by atoms with Crippen LogP contribution >= 0.6 is 24.0 Å². The predicted octanol–water partition coefficient (Wildman–Crippen LogP) is 4.65. The predicted molar refractivity (Wildman–Crippen MR) is 149 cm³/mol. The highest BCUT2D eigenvalue weighted by atomic mass is 32.2. The van der Waals surface area contributed by atoms with Gasteiger partial charge in [0, 0.05) is 19.3 Å². The number of amides is 1. The van der Waals surface area contributed by atoms with Crippen molar-refractivity contribution in [2.75, 3.05) is 25.1 Å². The van der Waals surface area contributed by atoms with E-state index in [1.807, 2.05) is 43.3 Å². The van der Waals surface area contributed by atoms with E-state index in [2.05, 4.69) is 11.8 Å². The van der Waals surface area contributed by atoms with Crippen LogP contribution in [0.15, 0.2) is 52.3 Å². The summed E-state index contributed by atoms with van der Waals surface area (Å²) in [6.07, 6.45) is 5.56. The molecule has 4 heterocycles. The minimum absolute atomic E-state index is 0.183. The fraction of sp³-hybridized carbons (Fsp3) is 0.333. The number of aromatic nitrogens is 2. The molecule has 0 atom stereocenters. The molecule has 9 heteroatoms. The zero-order valence-electron chi connectivity index (χ0n) is 20.6. The first-order valence-electron chi connectivity index (χ1n) is 12.0. The Kier molecular flexibility index (Phi) is 6.85. The van der Waals surface area contributed by atoms with E-state index in [-0.39, 0.29) is 11.5 Å². The molecular formula is C27H28N4O3S2. The van der Waals surface area contributed by atoms with E-state index in [0.29, 0.717) is 38.7 Å². The zero-order chi connectivity index (χ0) is 25.4. The molecule has 1 amide bonds. The van der Waals surface area contributed by atoms with Crippen molar-refractivity contribution in [3.05, 3.63) is 74.5 Å². The van der Waals surface area contributed by atoms with Crippen molar-refractivity contribution in [1.29, 1.82) is 0 Å². The van der Waals surface area contributed by atoms with E-state index in [4.69, 9.17) is 21.9 Å². The lowest BCUT2D eigenvalue weighted by Gasteiger charge is -2.32. The van der Waals surface area contributed by atoms with Gasteiger partial charge in [-0.25, -0.2) is 4.98 Å². The number of carbonyl (C=O) groups is 1. The summed E-state index contributed by atoms with van der Waals surface area (Å²) in [5, 5.41) is 0. The van der Waals surface area contributed by atoms with Crippen molar-refractivity contribution in [2.45, 2.75) is 33.2 Å². The molecule has 5 rings (SSSR count). The summed E-state index contributed by atoms with van der Waals surface area (Å²) in [6.45, 7) is 6.20. The second-order valence-corrected chi connectivity index (χ2v) is 11.1. The Morgan fingerprint density at radius 1 is 1.14 bits per heavy atom. The first-order valence-corrected chi connectivity index (χ1v) is 13.2. The number of fused-ring (bicyclic) bond motifs is 1. The molecule has 36 heavy (non-hydrogen) atoms. The number of methoxy groups -OCH3 is 1. The SMILES string of the molecule is COc1ccc(CN2C(=O)/C(=C\c3c(N4CCC(C)CC4)nc4ccc(C)cn4c3=O)SC2=S)cc1. The van der Waals surface area contributed by atoms with Crippen LogP contribution in [0.1, 0.15) is 36.5 Å². The number of piperidine rings is 1. The van der Waals surface area contributed by atoms with Crippen LogP contribution in [0, 0.1) is 12.8 Å². The number of pyridine rings is 1. The fourth-order valence-corrected chi connectivity index (χ4v) is 5.75. The molecule has 0 N–H and O–H groups in total. The largest absolute Gasteiger partial charge is 0.497 e. The molecule has 0 bridgehead atoms. The number of nitrogens with zero attached hydrogens (tertiary/aromatic N) is 4. The molecule has 2 fully saturated rings. The van der Waals surface area contributed by atoms with Gasteiger partial charge >= 0.3 is 0 Å². The normalized spacial score (nSPS) is 18.0. The molecule has 2 aromatic heterocycles. The molecule has 0 saturated carbocycles. The van der Waals surface area contributed by atoms with E-state index in [0.717, 1.165) is 42.8 Å². The Morgan fingerprint density at radius 3 is 2.56 bits per heavy atom. The molecule has 0 radical (unpaired) electrons. The van der Waals surface area contributed by atoms with Crippen LogP contribution in [0.25, 0.3) is 11.7 Å². The van der Waals surface area contributed by atoms with E-state index in [9.17, 15) is 9.59 Å². The first kappa shape index (κ1) is 24.5. The standard InChI is InChI=1S/C27H28N4O3S2/c1-17-10-12-29(13-11-17)24-21(25(32)30-15-18(2)4-9-23(30)28-24)14-22-26(33)31(27(35)36-22)16-19-5-7-20(34-3)8-6-19/h4-9,14-15,17H,10-13,16H2,1-3H3/b22-14+. The lowest BCUT2D eigenvalue weighted by atomic mass is 9.99. The molecule has 0 unspecified atom stereocenters. The lowest BCUT2D eigenvalue weighted by Crippen LogP contribution is -2.36. The second-order valence-electron chi connectivity index (χ2n) is 9.37. The van der Waals surface area contributed by atoms with Crippen molar-refractivity contribution in [2.24, 2.45) is 5.92 Å².